The predicted octanol–water partition coefficient (Wildman–Crippen LogP) is 3.54. The summed E-state index contributed by atoms with van der Waals surface area (Å²) in [6, 6.07) is 6.60. The van der Waals surface area contributed by atoms with Crippen LogP contribution in [0.3, 0.4) is 0 Å². The smallest absolute Gasteiger partial charge is 0.282 e. The van der Waals surface area contributed by atoms with Gasteiger partial charge in [0.25, 0.3) is 6.43 Å². The van der Waals surface area contributed by atoms with Gasteiger partial charge in [-0.2, -0.15) is 0 Å². The largest absolute Gasteiger partial charge is 0.410 e. The van der Waals surface area contributed by atoms with Crippen molar-refractivity contribution in [3.05, 3.63) is 57.6 Å². The van der Waals surface area contributed by atoms with Gasteiger partial charge >= 0.3 is 0 Å². The third-order valence-electron chi connectivity index (χ3n) is 2.46. The van der Waals surface area contributed by atoms with Crippen molar-refractivity contribution in [1.29, 1.82) is 0 Å². The fraction of sp³-hybridized carbons (Fsp3) is 0.0833. The van der Waals surface area contributed by atoms with Crippen LogP contribution in [0.2, 0.25) is 0 Å². The Labute approximate surface area is 120 Å². The van der Waals surface area contributed by atoms with Gasteiger partial charge in [0.05, 0.1) is 4.47 Å². The highest BCUT2D eigenvalue weighted by atomic mass is 79.9. The molecule has 0 atom stereocenters. The van der Waals surface area contributed by atoms with Gasteiger partial charge in [0.15, 0.2) is 0 Å². The van der Waals surface area contributed by atoms with Gasteiger partial charge in [0, 0.05) is 5.56 Å². The number of hydrogen-bond donors (Lipinski definition) is 1. The van der Waals surface area contributed by atoms with Crippen molar-refractivity contribution in [2.24, 2.45) is 5.16 Å². The van der Waals surface area contributed by atoms with Crippen molar-refractivity contribution in [2.75, 3.05) is 0 Å². The van der Waals surface area contributed by atoms with E-state index in [-0.39, 0.29) is 21.4 Å². The molecule has 1 N–H and O–H groups in total. The molecule has 0 bridgehead atoms. The zero-order chi connectivity index (χ0) is 14.7. The quantitative estimate of drug-likeness (QED) is 0.525. The van der Waals surface area contributed by atoms with Crippen LogP contribution < -0.4 is 0 Å². The Hall–Kier alpha value is -1.96. The van der Waals surface area contributed by atoms with Crippen molar-refractivity contribution >= 4 is 21.6 Å². The van der Waals surface area contributed by atoms with Crippen LogP contribution >= 0.6 is 15.9 Å². The third-order valence-corrected chi connectivity index (χ3v) is 3.07. The second-order valence-corrected chi connectivity index (χ2v) is 4.55. The van der Waals surface area contributed by atoms with Crippen LogP contribution in [0, 0.1) is 5.82 Å². The second kappa shape index (κ2) is 6.00. The lowest BCUT2D eigenvalue weighted by Gasteiger charge is -2.06. The van der Waals surface area contributed by atoms with Crippen molar-refractivity contribution in [2.45, 2.75) is 6.43 Å². The summed E-state index contributed by atoms with van der Waals surface area (Å²) < 4.78 is 38.8. The molecule has 1 heterocycles. The maximum Gasteiger partial charge on any atom is 0.282 e. The average Bonchev–Trinajstić information content (AvgIpc) is 2.45. The lowest BCUT2D eigenvalue weighted by Crippen LogP contribution is -2.10. The van der Waals surface area contributed by atoms with Crippen molar-refractivity contribution < 1.29 is 18.4 Å². The number of oxime groups is 1. The maximum atomic E-state index is 13.9. The molecule has 4 nitrogen and oxygen atoms in total. The molecule has 1 aromatic heterocycles. The summed E-state index contributed by atoms with van der Waals surface area (Å²) in [4.78, 5) is 0. The minimum atomic E-state index is -2.76. The molecule has 0 spiro atoms. The topological polar surface area (TPSA) is 58.4 Å². The van der Waals surface area contributed by atoms with E-state index in [4.69, 9.17) is 5.21 Å². The van der Waals surface area contributed by atoms with Crippen LogP contribution in [-0.4, -0.2) is 21.1 Å². The predicted molar refractivity (Wildman–Crippen MR) is 68.5 cm³/mol. The van der Waals surface area contributed by atoms with Gasteiger partial charge < -0.3 is 5.21 Å². The molecule has 2 rings (SSSR count). The van der Waals surface area contributed by atoms with E-state index in [2.05, 4.69) is 31.3 Å². The molecule has 0 radical (unpaired) electrons. The Morgan fingerprint density at radius 3 is 2.50 bits per heavy atom. The lowest BCUT2D eigenvalue weighted by atomic mass is 10.1. The van der Waals surface area contributed by atoms with Crippen LogP contribution in [-0.2, 0) is 0 Å². The first-order valence-electron chi connectivity index (χ1n) is 5.33. The number of alkyl halides is 2. The van der Waals surface area contributed by atoms with Crippen LogP contribution in [0.15, 0.2) is 40.0 Å². The van der Waals surface area contributed by atoms with Gasteiger partial charge in [-0.3, -0.25) is 0 Å². The van der Waals surface area contributed by atoms with Gasteiger partial charge in [-0.15, -0.1) is 10.2 Å². The summed E-state index contributed by atoms with van der Waals surface area (Å²) in [6.45, 7) is 0. The molecule has 20 heavy (non-hydrogen) atoms. The molecule has 0 aliphatic rings. The molecule has 1 aromatic carbocycles. The Morgan fingerprint density at radius 1 is 1.20 bits per heavy atom. The van der Waals surface area contributed by atoms with Crippen molar-refractivity contribution in [3.63, 3.8) is 0 Å². The van der Waals surface area contributed by atoms with Crippen LogP contribution in [0.4, 0.5) is 13.2 Å². The molecule has 0 saturated carbocycles. The van der Waals surface area contributed by atoms with Crippen LogP contribution in [0.25, 0.3) is 0 Å². The molecule has 0 saturated heterocycles. The number of rotatable bonds is 3. The van der Waals surface area contributed by atoms with Gasteiger partial charge in [-0.1, -0.05) is 11.2 Å². The highest BCUT2D eigenvalue weighted by molar-refractivity contribution is 9.10. The maximum absolute atomic E-state index is 13.9. The molecule has 104 valence electrons. The monoisotopic (exact) mass is 345 g/mol. The lowest BCUT2D eigenvalue weighted by molar-refractivity contribution is 0.145. The number of hydrogen-bond acceptors (Lipinski definition) is 4. The summed E-state index contributed by atoms with van der Waals surface area (Å²) in [5.74, 6) is -0.653. The van der Waals surface area contributed by atoms with Gasteiger partial charge in [-0.25, -0.2) is 13.2 Å². The van der Waals surface area contributed by atoms with E-state index in [1.807, 2.05) is 0 Å². The van der Waals surface area contributed by atoms with E-state index in [0.29, 0.717) is 0 Å². The van der Waals surface area contributed by atoms with Gasteiger partial charge in [0.1, 0.15) is 22.9 Å². The molecule has 0 aliphatic heterocycles. The fourth-order valence-electron chi connectivity index (χ4n) is 1.52. The standard InChI is InChI=1S/C12H7BrF3N3O/c13-7-3-1-2-6(10(7)14)11(19-20)8-4-5-9(12(15)16)18-17-8/h1-5,12,20H. The highest BCUT2D eigenvalue weighted by Crippen LogP contribution is 2.21. The van der Waals surface area contributed by atoms with Crippen LogP contribution in [0.5, 0.6) is 0 Å². The summed E-state index contributed by atoms with van der Waals surface area (Å²) in [7, 11) is 0. The third kappa shape index (κ3) is 2.79. The molecule has 2 aromatic rings. The summed E-state index contributed by atoms with van der Waals surface area (Å²) >= 11 is 3.00. The molecular formula is C12H7BrF3N3O. The minimum absolute atomic E-state index is 0.0195. The van der Waals surface area contributed by atoms with Crippen LogP contribution in [0.1, 0.15) is 23.4 Å². The highest BCUT2D eigenvalue weighted by Gasteiger charge is 2.17. The first kappa shape index (κ1) is 14.4. The Balaban J connectivity index is 2.45. The van der Waals surface area contributed by atoms with Crippen molar-refractivity contribution in [1.82, 2.24) is 10.2 Å². The first-order valence-corrected chi connectivity index (χ1v) is 6.12. The minimum Gasteiger partial charge on any atom is -0.410 e. The van der Waals surface area contributed by atoms with Crippen molar-refractivity contribution in [3.8, 4) is 0 Å². The summed E-state index contributed by atoms with van der Waals surface area (Å²) in [6.07, 6.45) is -2.76. The van der Waals surface area contributed by atoms with E-state index in [1.54, 1.807) is 0 Å². The zero-order valence-corrected chi connectivity index (χ0v) is 11.4. The van der Waals surface area contributed by atoms with E-state index >= 15 is 0 Å². The molecule has 0 aliphatic carbocycles. The normalized spacial score (nSPS) is 11.9. The summed E-state index contributed by atoms with van der Waals surface area (Å²) in [5.41, 5.74) is -0.757. The Kier molecular flexibility index (Phi) is 4.33. The number of benzene rings is 1. The first-order chi connectivity index (χ1) is 9.54. The fourth-order valence-corrected chi connectivity index (χ4v) is 1.88. The Bertz CT molecular complexity index is 647. The molecule has 0 amide bonds. The van der Waals surface area contributed by atoms with E-state index in [0.717, 1.165) is 6.07 Å². The Morgan fingerprint density at radius 2 is 1.95 bits per heavy atom. The SMILES string of the molecule is ON=C(c1ccc(C(F)F)nn1)c1cccc(Br)c1F. The van der Waals surface area contributed by atoms with E-state index in [1.165, 1.54) is 24.3 Å². The van der Waals surface area contributed by atoms with Gasteiger partial charge in [-0.05, 0) is 40.2 Å². The number of nitrogens with zero attached hydrogens (tertiary/aromatic N) is 3. The number of aromatic nitrogens is 2. The van der Waals surface area contributed by atoms with E-state index < -0.39 is 17.9 Å². The molecular weight excluding hydrogens is 339 g/mol. The average molecular weight is 346 g/mol. The number of halogens is 4. The molecule has 8 heteroatoms. The molecule has 0 fully saturated rings. The summed E-state index contributed by atoms with van der Waals surface area (Å²) in [5, 5.41) is 18.8. The second-order valence-electron chi connectivity index (χ2n) is 3.69. The molecule has 0 unspecified atom stereocenters. The zero-order valence-electron chi connectivity index (χ0n) is 9.76. The van der Waals surface area contributed by atoms with E-state index in [9.17, 15) is 13.2 Å². The van der Waals surface area contributed by atoms with Gasteiger partial charge in [0.2, 0.25) is 0 Å².